The lowest BCUT2D eigenvalue weighted by Gasteiger charge is -2.30. The van der Waals surface area contributed by atoms with E-state index >= 15 is 0 Å². The first-order valence-corrected chi connectivity index (χ1v) is 9.78. The largest absolute Gasteiger partial charge is 0.380 e. The monoisotopic (exact) mass is 450 g/mol. The Balaban J connectivity index is 1.69. The molecule has 10 nitrogen and oxygen atoms in total. The molecule has 1 amide bonds. The summed E-state index contributed by atoms with van der Waals surface area (Å²) in [5, 5.41) is 10.3. The van der Waals surface area contributed by atoms with Crippen molar-refractivity contribution in [2.75, 3.05) is 23.8 Å². The van der Waals surface area contributed by atoms with Gasteiger partial charge in [-0.3, -0.25) is 14.5 Å². The average Bonchev–Trinajstić information content (AvgIpc) is 3.15. The van der Waals surface area contributed by atoms with Crippen LogP contribution >= 0.6 is 0 Å². The summed E-state index contributed by atoms with van der Waals surface area (Å²) >= 11 is 0. The number of nitrogens with two attached hydrogens (primary N) is 2. The fraction of sp³-hybridized carbons (Fsp3) is 0.368. The molecule has 3 aromatic heterocycles. The third-order valence-electron chi connectivity index (χ3n) is 5.10. The highest BCUT2D eigenvalue weighted by Gasteiger charge is 2.25. The summed E-state index contributed by atoms with van der Waals surface area (Å²) in [7, 11) is 0. The number of ether oxygens (including phenoxy) is 1. The lowest BCUT2D eigenvalue weighted by molar-refractivity contribution is 0.0751. The van der Waals surface area contributed by atoms with E-state index in [1.807, 2.05) is 0 Å². The van der Waals surface area contributed by atoms with E-state index in [9.17, 15) is 18.0 Å². The Morgan fingerprint density at radius 3 is 2.84 bits per heavy atom. The maximum Gasteiger partial charge on any atom is 0.257 e. The number of amides is 1. The molecule has 170 valence electrons. The fourth-order valence-corrected chi connectivity index (χ4v) is 3.48. The van der Waals surface area contributed by atoms with Gasteiger partial charge in [0.2, 0.25) is 0 Å². The van der Waals surface area contributed by atoms with Gasteiger partial charge in [-0.15, -0.1) is 0 Å². The molecule has 3 aromatic rings. The van der Waals surface area contributed by atoms with E-state index in [1.165, 1.54) is 18.6 Å². The number of alkyl halides is 2. The van der Waals surface area contributed by atoms with Crippen LogP contribution in [0.25, 0.3) is 10.9 Å². The van der Waals surface area contributed by atoms with Gasteiger partial charge >= 0.3 is 0 Å². The first-order chi connectivity index (χ1) is 15.3. The number of nitrogens with zero attached hydrogens (tertiary/aromatic N) is 4. The minimum absolute atomic E-state index is 0.0297. The Labute approximate surface area is 180 Å². The van der Waals surface area contributed by atoms with Crippen molar-refractivity contribution < 1.29 is 22.7 Å². The van der Waals surface area contributed by atoms with Crippen molar-refractivity contribution in [3.8, 4) is 0 Å². The number of halogens is 3. The molecule has 6 N–H and O–H groups in total. The van der Waals surface area contributed by atoms with Crippen LogP contribution in [0, 0.1) is 5.82 Å². The zero-order valence-corrected chi connectivity index (χ0v) is 16.8. The quantitative estimate of drug-likeness (QED) is 0.425. The van der Waals surface area contributed by atoms with Crippen molar-refractivity contribution in [3.05, 3.63) is 36.0 Å². The number of pyridine rings is 2. The van der Waals surface area contributed by atoms with Crippen LogP contribution in [0.15, 0.2) is 24.7 Å². The highest BCUT2D eigenvalue weighted by Crippen LogP contribution is 2.29. The van der Waals surface area contributed by atoms with Crippen LogP contribution in [0.2, 0.25) is 0 Å². The fourth-order valence-electron chi connectivity index (χ4n) is 3.48. The molecule has 0 aliphatic carbocycles. The molecule has 1 aliphatic heterocycles. The summed E-state index contributed by atoms with van der Waals surface area (Å²) in [5.41, 5.74) is 11.9. The average molecular weight is 450 g/mol. The Hall–Kier alpha value is -3.45. The van der Waals surface area contributed by atoms with E-state index in [-0.39, 0.29) is 29.3 Å². The Morgan fingerprint density at radius 2 is 2.12 bits per heavy atom. The van der Waals surface area contributed by atoms with Crippen LogP contribution in [-0.2, 0) is 11.3 Å². The summed E-state index contributed by atoms with van der Waals surface area (Å²) in [4.78, 5) is 20.2. The predicted octanol–water partition coefficient (Wildman–Crippen LogP) is 1.60. The molecule has 0 radical (unpaired) electrons. The highest BCUT2D eigenvalue weighted by atomic mass is 19.3. The molecule has 1 fully saturated rings. The van der Waals surface area contributed by atoms with Crippen molar-refractivity contribution >= 4 is 34.1 Å². The second-order valence-electron chi connectivity index (χ2n) is 7.32. The molecule has 13 heteroatoms. The number of nitrogens with one attached hydrogen (secondary N) is 2. The van der Waals surface area contributed by atoms with Gasteiger partial charge in [0.25, 0.3) is 12.3 Å². The lowest BCUT2D eigenvalue weighted by atomic mass is 10.0. The number of aromatic nitrogens is 4. The maximum absolute atomic E-state index is 14.7. The molecule has 1 saturated heterocycles. The number of primary amides is 1. The predicted molar refractivity (Wildman–Crippen MR) is 110 cm³/mol. The molecule has 4 rings (SSSR count). The first-order valence-electron chi connectivity index (χ1n) is 9.78. The van der Waals surface area contributed by atoms with Crippen molar-refractivity contribution in [3.63, 3.8) is 0 Å². The molecule has 0 aromatic carbocycles. The molecule has 32 heavy (non-hydrogen) atoms. The van der Waals surface area contributed by atoms with Gasteiger partial charge in [-0.05, 0) is 12.5 Å². The number of rotatable bonds is 7. The molecule has 0 saturated carbocycles. The van der Waals surface area contributed by atoms with E-state index < -0.39 is 24.7 Å². The summed E-state index contributed by atoms with van der Waals surface area (Å²) < 4.78 is 46.7. The number of hydrogen-bond acceptors (Lipinski definition) is 8. The van der Waals surface area contributed by atoms with Crippen LogP contribution in [0.3, 0.4) is 0 Å². The molecule has 0 bridgehead atoms. The van der Waals surface area contributed by atoms with Crippen molar-refractivity contribution in [2.24, 2.45) is 11.5 Å². The third-order valence-corrected chi connectivity index (χ3v) is 5.10. The Kier molecular flexibility index (Phi) is 6.10. The van der Waals surface area contributed by atoms with E-state index in [2.05, 4.69) is 25.7 Å². The maximum atomic E-state index is 14.7. The van der Waals surface area contributed by atoms with Crippen LogP contribution in [0.1, 0.15) is 16.8 Å². The van der Waals surface area contributed by atoms with Crippen LogP contribution < -0.4 is 22.1 Å². The van der Waals surface area contributed by atoms with Crippen LogP contribution in [-0.4, -0.2) is 57.4 Å². The van der Waals surface area contributed by atoms with E-state index in [0.29, 0.717) is 36.2 Å². The number of hydrogen-bond donors (Lipinski definition) is 4. The second kappa shape index (κ2) is 8.96. The minimum atomic E-state index is -2.60. The van der Waals surface area contributed by atoms with Crippen molar-refractivity contribution in [1.82, 2.24) is 19.7 Å². The van der Waals surface area contributed by atoms with Gasteiger partial charge in [-0.1, -0.05) is 0 Å². The molecule has 4 heterocycles. The Morgan fingerprint density at radius 1 is 1.31 bits per heavy atom. The smallest absolute Gasteiger partial charge is 0.257 e. The molecule has 1 aliphatic rings. The first kappa shape index (κ1) is 21.8. The van der Waals surface area contributed by atoms with E-state index in [0.717, 1.165) is 10.7 Å². The van der Waals surface area contributed by atoms with Gasteiger partial charge in [0.1, 0.15) is 12.4 Å². The molecular weight excluding hydrogens is 429 g/mol. The summed E-state index contributed by atoms with van der Waals surface area (Å²) in [6, 6.07) is 0.324. The van der Waals surface area contributed by atoms with Gasteiger partial charge in [-0.25, -0.2) is 18.2 Å². The molecule has 2 atom stereocenters. The molecule has 0 spiro atoms. The zero-order valence-electron chi connectivity index (χ0n) is 16.8. The second-order valence-corrected chi connectivity index (χ2v) is 7.32. The van der Waals surface area contributed by atoms with Gasteiger partial charge < -0.3 is 26.8 Å². The van der Waals surface area contributed by atoms with Gasteiger partial charge in [0.05, 0.1) is 42.0 Å². The molecule has 0 unspecified atom stereocenters. The van der Waals surface area contributed by atoms with Gasteiger partial charge in [-0.2, -0.15) is 5.10 Å². The van der Waals surface area contributed by atoms with E-state index in [1.54, 1.807) is 0 Å². The topological polar surface area (TPSA) is 146 Å². The number of fused-ring (bicyclic) bond motifs is 1. The van der Waals surface area contributed by atoms with Crippen molar-refractivity contribution in [1.29, 1.82) is 0 Å². The summed E-state index contributed by atoms with van der Waals surface area (Å²) in [6.07, 6.45) is 2.14. The molecular formula is C19H21F3N8O2. The Bertz CT molecular complexity index is 1140. The summed E-state index contributed by atoms with van der Waals surface area (Å²) in [6.45, 7) is 0.184. The summed E-state index contributed by atoms with van der Waals surface area (Å²) in [5.74, 6) is -1.82. The highest BCUT2D eigenvalue weighted by molar-refractivity contribution is 6.00. The zero-order chi connectivity index (χ0) is 22.8. The van der Waals surface area contributed by atoms with Crippen LogP contribution in [0.4, 0.5) is 30.5 Å². The van der Waals surface area contributed by atoms with Crippen molar-refractivity contribution in [2.45, 2.75) is 31.5 Å². The number of carbonyl (C=O) groups excluding carboxylic acids is 1. The lowest BCUT2D eigenvalue weighted by Crippen LogP contribution is -2.47. The van der Waals surface area contributed by atoms with Crippen LogP contribution in [0.5, 0.6) is 0 Å². The third kappa shape index (κ3) is 4.43. The normalized spacial score (nSPS) is 18.8. The van der Waals surface area contributed by atoms with E-state index in [4.69, 9.17) is 16.2 Å². The minimum Gasteiger partial charge on any atom is -0.380 e. The number of anilines is 3. The van der Waals surface area contributed by atoms with Gasteiger partial charge in [0.15, 0.2) is 11.6 Å². The standard InChI is InChI=1S/C19H21F3N8O2/c20-11-3-9(17(24)31)18(29-19(11)27-13-1-2-32-8-12(13)23)28-14-5-25-6-15-10(14)4-26-30(15)7-16(21)22/h3-6,12-13,16H,1-2,7-8,23H2,(H2,24,31)(H2,27,28,29)/t12-,13+/m0/s1. The van der Waals surface area contributed by atoms with Gasteiger partial charge in [0, 0.05) is 24.1 Å². The SMILES string of the molecule is NC(=O)c1cc(F)c(N[C@@H]2CCOC[C@@H]2N)nc1Nc1cncc2c1cnn2CC(F)F. The number of carbonyl (C=O) groups is 1.